The van der Waals surface area contributed by atoms with E-state index in [1.165, 1.54) is 4.90 Å². The number of anilines is 1. The number of rotatable bonds is 5. The van der Waals surface area contributed by atoms with Crippen LogP contribution in [-0.4, -0.2) is 29.9 Å². The minimum atomic E-state index is -0.402. The van der Waals surface area contributed by atoms with Crippen LogP contribution in [0.4, 0.5) is 5.69 Å². The van der Waals surface area contributed by atoms with Gasteiger partial charge in [0.1, 0.15) is 12.3 Å². The largest absolute Gasteiger partial charge is 0.482 e. The Kier molecular flexibility index (Phi) is 5.01. The first-order valence-electron chi connectivity index (χ1n) is 9.00. The van der Waals surface area contributed by atoms with Crippen molar-refractivity contribution in [3.63, 3.8) is 0 Å². The topological polar surface area (TPSA) is 71.5 Å². The summed E-state index contributed by atoms with van der Waals surface area (Å²) in [7, 11) is 0. The van der Waals surface area contributed by atoms with Crippen LogP contribution >= 0.6 is 0 Å². The molecule has 0 aliphatic carbocycles. The fourth-order valence-corrected chi connectivity index (χ4v) is 3.20. The number of carbonyl (C=O) groups is 2. The Balaban J connectivity index is 1.57. The van der Waals surface area contributed by atoms with Crippen LogP contribution in [0.5, 0.6) is 5.75 Å². The first-order chi connectivity index (χ1) is 13.7. The van der Waals surface area contributed by atoms with Crippen molar-refractivity contribution >= 4 is 17.5 Å². The van der Waals surface area contributed by atoms with E-state index in [0.29, 0.717) is 11.4 Å². The molecule has 140 valence electrons. The van der Waals surface area contributed by atoms with E-state index in [2.05, 4.69) is 10.3 Å². The summed E-state index contributed by atoms with van der Waals surface area (Å²) in [6, 6.07) is 22.0. The van der Waals surface area contributed by atoms with Gasteiger partial charge in [0, 0.05) is 6.20 Å². The molecule has 2 amide bonds. The second-order valence-corrected chi connectivity index (χ2v) is 6.40. The monoisotopic (exact) mass is 373 g/mol. The van der Waals surface area contributed by atoms with Crippen molar-refractivity contribution in [2.75, 3.05) is 18.1 Å². The van der Waals surface area contributed by atoms with Crippen LogP contribution in [0, 0.1) is 0 Å². The predicted octanol–water partition coefficient (Wildman–Crippen LogP) is 2.71. The van der Waals surface area contributed by atoms with Crippen LogP contribution in [0.3, 0.4) is 0 Å². The predicted molar refractivity (Wildman–Crippen MR) is 105 cm³/mol. The van der Waals surface area contributed by atoms with E-state index in [0.717, 1.165) is 11.3 Å². The summed E-state index contributed by atoms with van der Waals surface area (Å²) in [5.74, 6) is 0.0757. The highest BCUT2D eigenvalue weighted by Gasteiger charge is 2.28. The van der Waals surface area contributed by atoms with Gasteiger partial charge >= 0.3 is 0 Å². The Bertz CT molecular complexity index is 937. The maximum absolute atomic E-state index is 12.9. The maximum atomic E-state index is 12.9. The molecule has 6 heteroatoms. The van der Waals surface area contributed by atoms with E-state index in [4.69, 9.17) is 4.74 Å². The van der Waals surface area contributed by atoms with Crippen LogP contribution in [-0.2, 0) is 9.59 Å². The number of ether oxygens (including phenoxy) is 1. The van der Waals surface area contributed by atoms with E-state index in [1.807, 2.05) is 60.7 Å². The molecule has 0 radical (unpaired) electrons. The molecule has 0 spiro atoms. The molecule has 0 saturated carbocycles. The van der Waals surface area contributed by atoms with E-state index < -0.39 is 6.04 Å². The van der Waals surface area contributed by atoms with Crippen LogP contribution in [0.15, 0.2) is 79.0 Å². The summed E-state index contributed by atoms with van der Waals surface area (Å²) < 4.78 is 5.43. The number of pyridine rings is 1. The molecule has 0 fully saturated rings. The van der Waals surface area contributed by atoms with Crippen molar-refractivity contribution < 1.29 is 14.3 Å². The second-order valence-electron chi connectivity index (χ2n) is 6.40. The summed E-state index contributed by atoms with van der Waals surface area (Å²) in [4.78, 5) is 31.0. The van der Waals surface area contributed by atoms with Gasteiger partial charge in [-0.05, 0) is 29.8 Å². The zero-order chi connectivity index (χ0) is 19.3. The van der Waals surface area contributed by atoms with Gasteiger partial charge in [-0.15, -0.1) is 0 Å². The molecule has 1 unspecified atom stereocenters. The van der Waals surface area contributed by atoms with E-state index in [-0.39, 0.29) is 25.0 Å². The van der Waals surface area contributed by atoms with Gasteiger partial charge in [-0.1, -0.05) is 48.5 Å². The Morgan fingerprint density at radius 2 is 1.79 bits per heavy atom. The van der Waals surface area contributed by atoms with E-state index in [1.54, 1.807) is 18.3 Å². The molecule has 4 rings (SSSR count). The summed E-state index contributed by atoms with van der Waals surface area (Å²) in [5.41, 5.74) is 2.25. The highest BCUT2D eigenvalue weighted by Crippen LogP contribution is 2.31. The zero-order valence-electron chi connectivity index (χ0n) is 15.1. The number of aromatic nitrogens is 1. The molecule has 1 N–H and O–H groups in total. The van der Waals surface area contributed by atoms with Crippen molar-refractivity contribution in [3.8, 4) is 5.75 Å². The Hall–Kier alpha value is -3.67. The smallest absolute Gasteiger partial charge is 0.265 e. The first kappa shape index (κ1) is 17.7. The number of carbonyl (C=O) groups excluding carboxylic acids is 2. The van der Waals surface area contributed by atoms with Crippen LogP contribution in [0.2, 0.25) is 0 Å². The number of para-hydroxylation sites is 2. The molecule has 1 aliphatic rings. The lowest BCUT2D eigenvalue weighted by Crippen LogP contribution is -2.46. The van der Waals surface area contributed by atoms with E-state index >= 15 is 0 Å². The summed E-state index contributed by atoms with van der Waals surface area (Å²) >= 11 is 0. The van der Waals surface area contributed by atoms with Crippen molar-refractivity contribution in [2.45, 2.75) is 6.04 Å². The lowest BCUT2D eigenvalue weighted by Gasteiger charge is -2.29. The number of amides is 2. The lowest BCUT2D eigenvalue weighted by atomic mass is 10.0. The number of benzene rings is 2. The minimum absolute atomic E-state index is 0.0767. The van der Waals surface area contributed by atoms with Gasteiger partial charge in [-0.25, -0.2) is 0 Å². The van der Waals surface area contributed by atoms with Gasteiger partial charge < -0.3 is 10.1 Å². The standard InChI is InChI=1S/C22H19N3O3/c26-20(14-25-18-11-4-5-12-19(18)28-15-21(25)27)24-22(16-8-2-1-3-9-16)17-10-6-7-13-23-17/h1-13,22H,14-15H2,(H,24,26). The van der Waals surface area contributed by atoms with Gasteiger partial charge in [0.2, 0.25) is 5.91 Å². The molecule has 2 aromatic carbocycles. The third kappa shape index (κ3) is 3.71. The van der Waals surface area contributed by atoms with Gasteiger partial charge in [-0.2, -0.15) is 0 Å². The molecule has 0 saturated heterocycles. The SMILES string of the molecule is O=C(CN1C(=O)COc2ccccc21)NC(c1ccccc1)c1ccccn1. The van der Waals surface area contributed by atoms with Crippen molar-refractivity contribution in [3.05, 3.63) is 90.3 Å². The highest BCUT2D eigenvalue weighted by atomic mass is 16.5. The molecule has 6 nitrogen and oxygen atoms in total. The number of fused-ring (bicyclic) bond motifs is 1. The normalized spacial score (nSPS) is 14.0. The fourth-order valence-electron chi connectivity index (χ4n) is 3.20. The quantitative estimate of drug-likeness (QED) is 0.746. The molecule has 1 aliphatic heterocycles. The summed E-state index contributed by atoms with van der Waals surface area (Å²) in [5, 5.41) is 3.01. The van der Waals surface area contributed by atoms with Crippen LogP contribution in [0.25, 0.3) is 0 Å². The first-order valence-corrected chi connectivity index (χ1v) is 9.00. The molecule has 0 bridgehead atoms. The molecule has 2 heterocycles. The third-order valence-corrected chi connectivity index (χ3v) is 4.53. The average Bonchev–Trinajstić information content (AvgIpc) is 2.75. The number of nitrogens with one attached hydrogen (secondary N) is 1. The lowest BCUT2D eigenvalue weighted by molar-refractivity contribution is -0.125. The van der Waals surface area contributed by atoms with Gasteiger partial charge in [-0.3, -0.25) is 19.5 Å². The van der Waals surface area contributed by atoms with Gasteiger partial charge in [0.15, 0.2) is 6.61 Å². The third-order valence-electron chi connectivity index (χ3n) is 4.53. The van der Waals surface area contributed by atoms with Gasteiger partial charge in [0.05, 0.1) is 17.4 Å². The number of hydrogen-bond donors (Lipinski definition) is 1. The van der Waals surface area contributed by atoms with E-state index in [9.17, 15) is 9.59 Å². The van der Waals surface area contributed by atoms with Crippen LogP contribution in [0.1, 0.15) is 17.3 Å². The van der Waals surface area contributed by atoms with Gasteiger partial charge in [0.25, 0.3) is 5.91 Å². The fraction of sp³-hybridized carbons (Fsp3) is 0.136. The summed E-state index contributed by atoms with van der Waals surface area (Å²) in [6.45, 7) is -0.165. The minimum Gasteiger partial charge on any atom is -0.482 e. The maximum Gasteiger partial charge on any atom is 0.265 e. The Morgan fingerprint density at radius 1 is 1.04 bits per heavy atom. The molecule has 3 aromatic rings. The molecule has 1 atom stereocenters. The summed E-state index contributed by atoms with van der Waals surface area (Å²) in [6.07, 6.45) is 1.69. The van der Waals surface area contributed by atoms with Crippen molar-refractivity contribution in [1.82, 2.24) is 10.3 Å². The van der Waals surface area contributed by atoms with Crippen LogP contribution < -0.4 is 15.0 Å². The van der Waals surface area contributed by atoms with Crippen molar-refractivity contribution in [1.29, 1.82) is 0 Å². The molecule has 1 aromatic heterocycles. The molecular formula is C22H19N3O3. The van der Waals surface area contributed by atoms with Crippen molar-refractivity contribution in [2.24, 2.45) is 0 Å². The number of hydrogen-bond acceptors (Lipinski definition) is 4. The highest BCUT2D eigenvalue weighted by molar-refractivity contribution is 6.02. The Labute approximate surface area is 162 Å². The molecule has 28 heavy (non-hydrogen) atoms. The molecular weight excluding hydrogens is 354 g/mol. The zero-order valence-corrected chi connectivity index (χ0v) is 15.1. The Morgan fingerprint density at radius 3 is 2.57 bits per heavy atom. The average molecular weight is 373 g/mol. The number of nitrogens with zero attached hydrogens (tertiary/aromatic N) is 2. The second kappa shape index (κ2) is 7.92.